The van der Waals surface area contributed by atoms with Crippen LogP contribution >= 0.6 is 11.8 Å². The summed E-state index contributed by atoms with van der Waals surface area (Å²) in [7, 11) is 0. The highest BCUT2D eigenvalue weighted by molar-refractivity contribution is 7.98. The molecule has 0 aliphatic carbocycles. The van der Waals surface area contributed by atoms with Crippen LogP contribution in [0.4, 0.5) is 5.82 Å². The lowest BCUT2D eigenvalue weighted by molar-refractivity contribution is 0.660. The van der Waals surface area contributed by atoms with Gasteiger partial charge in [-0.05, 0) is 6.92 Å². The van der Waals surface area contributed by atoms with Crippen LogP contribution in [0, 0.1) is 0 Å². The first-order valence-corrected chi connectivity index (χ1v) is 6.94. The van der Waals surface area contributed by atoms with Gasteiger partial charge in [-0.15, -0.1) is 0 Å². The third-order valence-electron chi connectivity index (χ3n) is 2.93. The number of nitrogens with one attached hydrogen (secondary N) is 1. The van der Waals surface area contributed by atoms with Crippen molar-refractivity contribution in [1.29, 1.82) is 0 Å². The first kappa shape index (κ1) is 11.5. The Bertz CT molecular complexity index is 579. The lowest BCUT2D eigenvalue weighted by Crippen LogP contribution is -2.12. The molecule has 0 radical (unpaired) electrons. The SMILES string of the molecule is CCn1cc(-c2nc3c(c(NN)n2)CSC3)cn1. The number of nitrogen functional groups attached to an aromatic ring is 1. The van der Waals surface area contributed by atoms with E-state index in [4.69, 9.17) is 5.84 Å². The number of aromatic nitrogens is 4. The summed E-state index contributed by atoms with van der Waals surface area (Å²) in [5, 5.41) is 4.24. The highest BCUT2D eigenvalue weighted by atomic mass is 32.2. The Labute approximate surface area is 109 Å². The number of nitrogens with zero attached hydrogens (tertiary/aromatic N) is 4. The van der Waals surface area contributed by atoms with Crippen LogP contribution in [0.1, 0.15) is 18.2 Å². The summed E-state index contributed by atoms with van der Waals surface area (Å²) < 4.78 is 1.86. The molecule has 0 amide bonds. The van der Waals surface area contributed by atoms with E-state index >= 15 is 0 Å². The average molecular weight is 262 g/mol. The zero-order valence-electron chi connectivity index (χ0n) is 10.1. The summed E-state index contributed by atoms with van der Waals surface area (Å²) in [6.07, 6.45) is 3.73. The maximum Gasteiger partial charge on any atom is 0.165 e. The van der Waals surface area contributed by atoms with Crippen molar-refractivity contribution in [3.63, 3.8) is 0 Å². The van der Waals surface area contributed by atoms with E-state index in [0.29, 0.717) is 5.82 Å². The monoisotopic (exact) mass is 262 g/mol. The van der Waals surface area contributed by atoms with Gasteiger partial charge in [0, 0.05) is 29.8 Å². The smallest absolute Gasteiger partial charge is 0.165 e. The van der Waals surface area contributed by atoms with E-state index in [1.54, 1.807) is 6.20 Å². The van der Waals surface area contributed by atoms with Gasteiger partial charge in [0.2, 0.25) is 0 Å². The van der Waals surface area contributed by atoms with Gasteiger partial charge in [-0.2, -0.15) is 16.9 Å². The molecule has 7 heteroatoms. The van der Waals surface area contributed by atoms with Crippen molar-refractivity contribution in [2.45, 2.75) is 25.0 Å². The second-order valence-corrected chi connectivity index (χ2v) is 5.03. The molecule has 0 bridgehead atoms. The molecule has 3 heterocycles. The molecule has 3 N–H and O–H groups in total. The molecule has 2 aromatic heterocycles. The summed E-state index contributed by atoms with van der Waals surface area (Å²) in [5.41, 5.74) is 5.78. The molecule has 0 atom stereocenters. The third kappa shape index (κ3) is 1.85. The average Bonchev–Trinajstić information content (AvgIpc) is 3.05. The quantitative estimate of drug-likeness (QED) is 0.642. The number of aryl methyl sites for hydroxylation is 1. The van der Waals surface area contributed by atoms with Gasteiger partial charge in [-0.25, -0.2) is 15.8 Å². The molecule has 0 aromatic carbocycles. The molecule has 0 fully saturated rings. The lowest BCUT2D eigenvalue weighted by Gasteiger charge is -2.07. The molecule has 2 aromatic rings. The van der Waals surface area contributed by atoms with Gasteiger partial charge in [0.05, 0.1) is 17.5 Å². The molecule has 0 saturated carbocycles. The number of hydrazine groups is 1. The molecule has 1 aliphatic rings. The van der Waals surface area contributed by atoms with Crippen molar-refractivity contribution in [3.05, 3.63) is 23.7 Å². The summed E-state index contributed by atoms with van der Waals surface area (Å²) in [5.74, 6) is 8.78. The predicted octanol–water partition coefficient (Wildman–Crippen LogP) is 1.39. The topological polar surface area (TPSA) is 81.7 Å². The Hall–Kier alpha value is -1.60. The fourth-order valence-electron chi connectivity index (χ4n) is 1.95. The molecule has 3 rings (SSSR count). The highest BCUT2D eigenvalue weighted by Gasteiger charge is 2.20. The zero-order valence-corrected chi connectivity index (χ0v) is 10.9. The van der Waals surface area contributed by atoms with Gasteiger partial charge >= 0.3 is 0 Å². The Kier molecular flexibility index (Phi) is 2.92. The standard InChI is InChI=1S/C11H14N6S/c1-2-17-4-7(3-13-17)10-14-9-6-18-5-8(9)11(15-10)16-12/h3-4H,2,5-6,12H2,1H3,(H,14,15,16). The number of hydrogen-bond acceptors (Lipinski definition) is 6. The Balaban J connectivity index is 2.07. The van der Waals surface area contributed by atoms with Gasteiger partial charge in [-0.1, -0.05) is 0 Å². The van der Waals surface area contributed by atoms with Gasteiger partial charge in [0.25, 0.3) is 0 Å². The van der Waals surface area contributed by atoms with E-state index in [1.807, 2.05) is 29.6 Å². The van der Waals surface area contributed by atoms with Crippen molar-refractivity contribution < 1.29 is 0 Å². The van der Waals surface area contributed by atoms with E-state index < -0.39 is 0 Å². The number of thioether (sulfide) groups is 1. The summed E-state index contributed by atoms with van der Waals surface area (Å²) >= 11 is 1.83. The zero-order chi connectivity index (χ0) is 12.5. The third-order valence-corrected chi connectivity index (χ3v) is 3.90. The van der Waals surface area contributed by atoms with Crippen LogP contribution in [0.3, 0.4) is 0 Å². The summed E-state index contributed by atoms with van der Waals surface area (Å²) in [6.45, 7) is 2.88. The van der Waals surface area contributed by atoms with E-state index in [1.165, 1.54) is 0 Å². The van der Waals surface area contributed by atoms with Crippen molar-refractivity contribution in [2.75, 3.05) is 5.43 Å². The molecule has 0 spiro atoms. The molecule has 6 nitrogen and oxygen atoms in total. The van der Waals surface area contributed by atoms with Gasteiger partial charge in [-0.3, -0.25) is 4.68 Å². The first-order chi connectivity index (χ1) is 8.81. The van der Waals surface area contributed by atoms with Crippen LogP contribution in [-0.2, 0) is 18.1 Å². The van der Waals surface area contributed by atoms with Crippen LogP contribution in [0.25, 0.3) is 11.4 Å². The van der Waals surface area contributed by atoms with E-state index in [2.05, 4.69) is 20.5 Å². The normalized spacial score (nSPS) is 13.7. The van der Waals surface area contributed by atoms with Gasteiger partial charge in [0.1, 0.15) is 5.82 Å². The van der Waals surface area contributed by atoms with Crippen LogP contribution in [0.5, 0.6) is 0 Å². The minimum Gasteiger partial charge on any atom is -0.308 e. The number of anilines is 1. The molecular weight excluding hydrogens is 248 g/mol. The minimum absolute atomic E-state index is 0.684. The van der Waals surface area contributed by atoms with E-state index in [0.717, 1.165) is 40.7 Å². The molecule has 94 valence electrons. The Morgan fingerprint density at radius 1 is 1.44 bits per heavy atom. The maximum absolute atomic E-state index is 5.53. The van der Waals surface area contributed by atoms with Crippen LogP contribution in [-0.4, -0.2) is 19.7 Å². The second kappa shape index (κ2) is 4.58. The number of fused-ring (bicyclic) bond motifs is 1. The van der Waals surface area contributed by atoms with Crippen LogP contribution in [0.2, 0.25) is 0 Å². The number of nitrogens with two attached hydrogens (primary N) is 1. The van der Waals surface area contributed by atoms with Crippen molar-refractivity contribution in [3.8, 4) is 11.4 Å². The summed E-state index contributed by atoms with van der Waals surface area (Å²) in [6, 6.07) is 0. The first-order valence-electron chi connectivity index (χ1n) is 5.78. The second-order valence-electron chi connectivity index (χ2n) is 4.04. The lowest BCUT2D eigenvalue weighted by atomic mass is 10.2. The van der Waals surface area contributed by atoms with E-state index in [-0.39, 0.29) is 0 Å². The van der Waals surface area contributed by atoms with Crippen molar-refractivity contribution in [1.82, 2.24) is 19.7 Å². The largest absolute Gasteiger partial charge is 0.308 e. The van der Waals surface area contributed by atoms with Crippen molar-refractivity contribution in [2.24, 2.45) is 5.84 Å². The molecular formula is C11H14N6S. The minimum atomic E-state index is 0.684. The predicted molar refractivity (Wildman–Crippen MR) is 71.7 cm³/mol. The van der Waals surface area contributed by atoms with E-state index in [9.17, 15) is 0 Å². The highest BCUT2D eigenvalue weighted by Crippen LogP contribution is 2.33. The van der Waals surface area contributed by atoms with Gasteiger partial charge < -0.3 is 5.43 Å². The Morgan fingerprint density at radius 3 is 3.06 bits per heavy atom. The van der Waals surface area contributed by atoms with Crippen LogP contribution in [0.15, 0.2) is 12.4 Å². The molecule has 18 heavy (non-hydrogen) atoms. The molecule has 1 aliphatic heterocycles. The van der Waals surface area contributed by atoms with Crippen molar-refractivity contribution >= 4 is 17.6 Å². The fraction of sp³-hybridized carbons (Fsp3) is 0.364. The Morgan fingerprint density at radius 2 is 2.33 bits per heavy atom. The van der Waals surface area contributed by atoms with Crippen LogP contribution < -0.4 is 11.3 Å². The fourth-order valence-corrected chi connectivity index (χ4v) is 2.99. The molecule has 0 saturated heterocycles. The number of rotatable bonds is 3. The summed E-state index contributed by atoms with van der Waals surface area (Å²) in [4.78, 5) is 9.07. The maximum atomic E-state index is 5.53. The van der Waals surface area contributed by atoms with Gasteiger partial charge in [0.15, 0.2) is 5.82 Å². The number of hydrogen-bond donors (Lipinski definition) is 2. The molecule has 0 unspecified atom stereocenters.